The van der Waals surface area contributed by atoms with E-state index in [1.807, 2.05) is 0 Å². The van der Waals surface area contributed by atoms with Crippen molar-refractivity contribution >= 4 is 34.1 Å². The third-order valence-electron chi connectivity index (χ3n) is 3.46. The van der Waals surface area contributed by atoms with Gasteiger partial charge in [-0.05, 0) is 17.7 Å². The summed E-state index contributed by atoms with van der Waals surface area (Å²) in [5.41, 5.74) is -1.21. The van der Waals surface area contributed by atoms with Crippen LogP contribution in [0.4, 0.5) is 5.69 Å². The molecule has 0 N–H and O–H groups in total. The summed E-state index contributed by atoms with van der Waals surface area (Å²) in [5.74, 6) is -1.10. The van der Waals surface area contributed by atoms with E-state index in [4.69, 9.17) is 11.6 Å². The fourth-order valence-electron chi connectivity index (χ4n) is 2.53. The van der Waals surface area contributed by atoms with Crippen molar-refractivity contribution in [2.45, 2.75) is 0 Å². The zero-order valence-corrected chi connectivity index (χ0v) is 11.6. The highest BCUT2D eigenvalue weighted by atomic mass is 35.5. The maximum Gasteiger partial charge on any atom is 0.282 e. The molecule has 7 heteroatoms. The van der Waals surface area contributed by atoms with Gasteiger partial charge in [-0.2, -0.15) is 0 Å². The monoisotopic (exact) mass is 315 g/mol. The minimum atomic E-state index is -1.15. The molecule has 1 aliphatic rings. The van der Waals surface area contributed by atoms with E-state index in [0.29, 0.717) is 0 Å². The number of fused-ring (bicyclic) bond motifs is 2. The summed E-state index contributed by atoms with van der Waals surface area (Å²) in [6.45, 7) is 0. The molecule has 6 nitrogen and oxygen atoms in total. The fourth-order valence-corrected chi connectivity index (χ4v) is 2.72. The highest BCUT2D eigenvalue weighted by Crippen LogP contribution is 2.34. The number of rotatable bonds is 2. The first-order chi connectivity index (χ1) is 10.4. The molecular formula is C15H6ClNO5. The van der Waals surface area contributed by atoms with E-state index in [-0.39, 0.29) is 22.3 Å². The SMILES string of the molecule is O=C1c2ccccc2C(=O)c2c1ccc([N+](=O)[O-])c2C(=O)Cl. The van der Waals surface area contributed by atoms with Gasteiger partial charge in [-0.3, -0.25) is 24.5 Å². The summed E-state index contributed by atoms with van der Waals surface area (Å²) in [7, 11) is 0. The molecule has 0 radical (unpaired) electrons. The number of carbonyl (C=O) groups is 3. The smallest absolute Gasteiger partial charge is 0.282 e. The molecule has 1 aliphatic carbocycles. The van der Waals surface area contributed by atoms with Crippen molar-refractivity contribution < 1.29 is 19.3 Å². The Morgan fingerprint density at radius 2 is 1.55 bits per heavy atom. The Kier molecular flexibility index (Phi) is 3.11. The lowest BCUT2D eigenvalue weighted by Gasteiger charge is -2.18. The van der Waals surface area contributed by atoms with Crippen LogP contribution in [0.25, 0.3) is 0 Å². The quantitative estimate of drug-likeness (QED) is 0.411. The lowest BCUT2D eigenvalue weighted by Crippen LogP contribution is -2.24. The lowest BCUT2D eigenvalue weighted by molar-refractivity contribution is -0.385. The third kappa shape index (κ3) is 1.85. The zero-order valence-electron chi connectivity index (χ0n) is 10.8. The number of ketones is 2. The Labute approximate surface area is 128 Å². The van der Waals surface area contributed by atoms with Crippen LogP contribution in [0.3, 0.4) is 0 Å². The number of carbonyl (C=O) groups excluding carboxylic acids is 3. The Balaban J connectivity index is 2.41. The largest absolute Gasteiger partial charge is 0.289 e. The molecular weight excluding hydrogens is 310 g/mol. The van der Waals surface area contributed by atoms with Gasteiger partial charge in [0, 0.05) is 22.8 Å². The van der Waals surface area contributed by atoms with Crippen molar-refractivity contribution in [1.82, 2.24) is 0 Å². The van der Waals surface area contributed by atoms with E-state index in [0.717, 1.165) is 6.07 Å². The summed E-state index contributed by atoms with van der Waals surface area (Å²) >= 11 is 5.42. The van der Waals surface area contributed by atoms with Crippen LogP contribution in [0.15, 0.2) is 36.4 Å². The van der Waals surface area contributed by atoms with Crippen LogP contribution in [-0.2, 0) is 0 Å². The summed E-state index contributed by atoms with van der Waals surface area (Å²) in [4.78, 5) is 46.8. The molecule has 0 saturated heterocycles. The molecule has 2 aromatic rings. The summed E-state index contributed by atoms with van der Waals surface area (Å²) in [5, 5.41) is 9.90. The molecule has 0 atom stereocenters. The summed E-state index contributed by atoms with van der Waals surface area (Å²) < 4.78 is 0. The normalized spacial score (nSPS) is 12.6. The van der Waals surface area contributed by atoms with Crippen molar-refractivity contribution in [3.63, 3.8) is 0 Å². The molecule has 108 valence electrons. The number of nitrogens with zero attached hydrogens (tertiary/aromatic N) is 1. The Hall–Kier alpha value is -2.86. The van der Waals surface area contributed by atoms with E-state index < -0.39 is 33.0 Å². The average Bonchev–Trinajstić information content (AvgIpc) is 2.51. The van der Waals surface area contributed by atoms with Gasteiger partial charge in [0.05, 0.1) is 10.5 Å². The molecule has 0 unspecified atom stereocenters. The summed E-state index contributed by atoms with van der Waals surface area (Å²) in [6.07, 6.45) is 0. The van der Waals surface area contributed by atoms with E-state index in [9.17, 15) is 24.5 Å². The van der Waals surface area contributed by atoms with Crippen LogP contribution in [0.2, 0.25) is 0 Å². The van der Waals surface area contributed by atoms with Crippen LogP contribution in [-0.4, -0.2) is 21.7 Å². The second kappa shape index (κ2) is 4.85. The number of hydrogen-bond acceptors (Lipinski definition) is 5. The first kappa shape index (κ1) is 14.1. The summed E-state index contributed by atoms with van der Waals surface area (Å²) in [6, 6.07) is 8.27. The van der Waals surface area contributed by atoms with Gasteiger partial charge in [-0.15, -0.1) is 0 Å². The van der Waals surface area contributed by atoms with Crippen LogP contribution in [0, 0.1) is 10.1 Å². The van der Waals surface area contributed by atoms with Gasteiger partial charge in [-0.25, -0.2) is 0 Å². The molecule has 3 rings (SSSR count). The van der Waals surface area contributed by atoms with Crippen molar-refractivity contribution in [2.75, 3.05) is 0 Å². The average molecular weight is 316 g/mol. The highest BCUT2D eigenvalue weighted by molar-refractivity contribution is 6.69. The van der Waals surface area contributed by atoms with Gasteiger partial charge in [0.15, 0.2) is 11.6 Å². The molecule has 2 aromatic carbocycles. The fraction of sp³-hybridized carbons (Fsp3) is 0. The zero-order chi connectivity index (χ0) is 16.0. The Morgan fingerprint density at radius 3 is 2.09 bits per heavy atom. The number of benzene rings is 2. The number of nitro benzene ring substituents is 1. The van der Waals surface area contributed by atoms with E-state index in [1.54, 1.807) is 12.1 Å². The Bertz CT molecular complexity index is 887. The van der Waals surface area contributed by atoms with Gasteiger partial charge in [0.25, 0.3) is 10.9 Å². The van der Waals surface area contributed by atoms with Gasteiger partial charge >= 0.3 is 0 Å². The second-order valence-corrected chi connectivity index (χ2v) is 4.96. The van der Waals surface area contributed by atoms with E-state index in [2.05, 4.69) is 0 Å². The molecule has 0 fully saturated rings. The number of nitro groups is 1. The van der Waals surface area contributed by atoms with Crippen molar-refractivity contribution in [3.05, 3.63) is 74.3 Å². The maximum absolute atomic E-state index is 12.6. The molecule has 0 saturated carbocycles. The Morgan fingerprint density at radius 1 is 0.955 bits per heavy atom. The van der Waals surface area contributed by atoms with Crippen LogP contribution in [0.1, 0.15) is 42.2 Å². The molecule has 0 bridgehead atoms. The molecule has 0 aliphatic heterocycles. The van der Waals surface area contributed by atoms with Gasteiger partial charge in [0.1, 0.15) is 5.56 Å². The predicted octanol–water partition coefficient (Wildman–Crippen LogP) is 2.75. The highest BCUT2D eigenvalue weighted by Gasteiger charge is 2.36. The topological polar surface area (TPSA) is 94.3 Å². The minimum Gasteiger partial charge on any atom is -0.289 e. The van der Waals surface area contributed by atoms with E-state index >= 15 is 0 Å². The van der Waals surface area contributed by atoms with Crippen LogP contribution >= 0.6 is 11.6 Å². The lowest BCUT2D eigenvalue weighted by atomic mass is 9.81. The molecule has 0 aromatic heterocycles. The van der Waals surface area contributed by atoms with Crippen molar-refractivity contribution in [3.8, 4) is 0 Å². The standard InChI is InChI=1S/C15H6ClNO5/c16-15(20)12-10(17(21)22)6-5-9-11(12)14(19)8-4-2-1-3-7(8)13(9)18/h1-6H. The first-order valence-electron chi connectivity index (χ1n) is 6.13. The number of halogens is 1. The van der Waals surface area contributed by atoms with Crippen LogP contribution in [0.5, 0.6) is 0 Å². The van der Waals surface area contributed by atoms with Crippen molar-refractivity contribution in [1.29, 1.82) is 0 Å². The molecule has 0 amide bonds. The molecule has 0 heterocycles. The van der Waals surface area contributed by atoms with Crippen LogP contribution < -0.4 is 0 Å². The molecule has 0 spiro atoms. The first-order valence-corrected chi connectivity index (χ1v) is 6.51. The predicted molar refractivity (Wildman–Crippen MR) is 76.6 cm³/mol. The van der Waals surface area contributed by atoms with Gasteiger partial charge < -0.3 is 0 Å². The van der Waals surface area contributed by atoms with Gasteiger partial charge in [0.2, 0.25) is 0 Å². The van der Waals surface area contributed by atoms with Gasteiger partial charge in [-0.1, -0.05) is 24.3 Å². The van der Waals surface area contributed by atoms with Crippen molar-refractivity contribution in [2.24, 2.45) is 0 Å². The maximum atomic E-state index is 12.6. The third-order valence-corrected chi connectivity index (χ3v) is 3.65. The van der Waals surface area contributed by atoms with E-state index in [1.165, 1.54) is 18.2 Å². The molecule has 22 heavy (non-hydrogen) atoms. The second-order valence-electron chi connectivity index (χ2n) is 4.62. The number of hydrogen-bond donors (Lipinski definition) is 0. The minimum absolute atomic E-state index is 0.0571.